The molecule has 188 valence electrons. The molecule has 1 atom stereocenters. The maximum atomic E-state index is 13.6. The molecular formula is C25H26ClN5O4S. The number of anilines is 1. The van der Waals surface area contributed by atoms with Crippen LogP contribution in [-0.2, 0) is 19.4 Å². The molecule has 2 aromatic heterocycles. The summed E-state index contributed by atoms with van der Waals surface area (Å²) in [6.45, 7) is 6.95. The number of aromatic nitrogens is 4. The minimum absolute atomic E-state index is 0.122. The van der Waals surface area contributed by atoms with Crippen LogP contribution in [0, 0.1) is 19.8 Å². The second-order valence-electron chi connectivity index (χ2n) is 9.01. The number of carbonyl (C=O) groups excluding carboxylic acids is 1. The van der Waals surface area contributed by atoms with E-state index in [1.807, 2.05) is 18.7 Å². The van der Waals surface area contributed by atoms with Gasteiger partial charge in [-0.05, 0) is 75.1 Å². The van der Waals surface area contributed by atoms with Crippen LogP contribution in [0.1, 0.15) is 30.9 Å². The van der Waals surface area contributed by atoms with Gasteiger partial charge in [-0.15, -0.1) is 5.10 Å². The zero-order valence-electron chi connectivity index (χ0n) is 20.2. The number of fused-ring (bicyclic) bond motifs is 3. The Labute approximate surface area is 213 Å². The second kappa shape index (κ2) is 9.33. The van der Waals surface area contributed by atoms with Crippen molar-refractivity contribution < 1.29 is 17.9 Å². The van der Waals surface area contributed by atoms with Gasteiger partial charge in [0.2, 0.25) is 14.9 Å². The van der Waals surface area contributed by atoms with Crippen molar-refractivity contribution in [2.75, 3.05) is 24.6 Å². The molecule has 9 nitrogen and oxygen atoms in total. The number of halogens is 1. The van der Waals surface area contributed by atoms with Crippen LogP contribution in [0.3, 0.4) is 0 Å². The van der Waals surface area contributed by atoms with Gasteiger partial charge in [0, 0.05) is 23.5 Å². The summed E-state index contributed by atoms with van der Waals surface area (Å²) in [4.78, 5) is 19.4. The number of ether oxygens (including phenoxy) is 1. The summed E-state index contributed by atoms with van der Waals surface area (Å²) in [6, 6.07) is 10.2. The van der Waals surface area contributed by atoms with E-state index < -0.39 is 9.84 Å². The van der Waals surface area contributed by atoms with Crippen LogP contribution in [0.5, 0.6) is 0 Å². The van der Waals surface area contributed by atoms with Crippen LogP contribution in [-0.4, -0.2) is 53.9 Å². The van der Waals surface area contributed by atoms with Gasteiger partial charge in [0.15, 0.2) is 5.65 Å². The van der Waals surface area contributed by atoms with Gasteiger partial charge in [0.05, 0.1) is 22.9 Å². The van der Waals surface area contributed by atoms with Gasteiger partial charge >= 0.3 is 5.97 Å². The fourth-order valence-electron chi connectivity index (χ4n) is 4.58. The molecule has 0 spiro atoms. The molecule has 36 heavy (non-hydrogen) atoms. The molecule has 1 aliphatic rings. The Morgan fingerprint density at radius 3 is 2.72 bits per heavy atom. The van der Waals surface area contributed by atoms with E-state index >= 15 is 0 Å². The number of aryl methyl sites for hydroxylation is 2. The Hall–Kier alpha value is -3.24. The van der Waals surface area contributed by atoms with Gasteiger partial charge in [0.1, 0.15) is 5.82 Å². The zero-order chi connectivity index (χ0) is 25.6. The van der Waals surface area contributed by atoms with Gasteiger partial charge in [-0.3, -0.25) is 4.79 Å². The van der Waals surface area contributed by atoms with E-state index in [1.165, 1.54) is 4.52 Å². The van der Waals surface area contributed by atoms with E-state index in [9.17, 15) is 13.2 Å². The van der Waals surface area contributed by atoms with Crippen LogP contribution in [0.25, 0.3) is 16.6 Å². The van der Waals surface area contributed by atoms with Crippen LogP contribution >= 0.6 is 11.6 Å². The highest BCUT2D eigenvalue weighted by Crippen LogP contribution is 2.34. The number of hydrogen-bond donors (Lipinski definition) is 0. The molecule has 0 N–H and O–H groups in total. The van der Waals surface area contributed by atoms with E-state index in [4.69, 9.17) is 21.3 Å². The second-order valence-corrected chi connectivity index (χ2v) is 11.3. The summed E-state index contributed by atoms with van der Waals surface area (Å²) >= 11 is 6.32. The topological polar surface area (TPSA) is 107 Å². The normalized spacial score (nSPS) is 16.6. The van der Waals surface area contributed by atoms with Crippen molar-refractivity contribution in [1.82, 2.24) is 19.8 Å². The highest BCUT2D eigenvalue weighted by molar-refractivity contribution is 7.91. The van der Waals surface area contributed by atoms with Gasteiger partial charge in [-0.25, -0.2) is 13.4 Å². The van der Waals surface area contributed by atoms with E-state index in [-0.39, 0.29) is 27.5 Å². The molecule has 0 bridgehead atoms. The van der Waals surface area contributed by atoms with E-state index in [0.717, 1.165) is 24.0 Å². The molecule has 5 rings (SSSR count). The van der Waals surface area contributed by atoms with Gasteiger partial charge in [-0.2, -0.15) is 4.52 Å². The lowest BCUT2D eigenvalue weighted by molar-refractivity contribution is -0.148. The third kappa shape index (κ3) is 4.18. The molecule has 3 heterocycles. The lowest BCUT2D eigenvalue weighted by Gasteiger charge is -2.33. The third-order valence-electron chi connectivity index (χ3n) is 6.64. The maximum absolute atomic E-state index is 13.6. The van der Waals surface area contributed by atoms with Crippen LogP contribution in [0.4, 0.5) is 5.82 Å². The molecule has 2 aromatic carbocycles. The number of nitrogens with zero attached hydrogens (tertiary/aromatic N) is 5. The molecule has 0 amide bonds. The van der Waals surface area contributed by atoms with Crippen molar-refractivity contribution in [3.05, 3.63) is 52.5 Å². The fourth-order valence-corrected chi connectivity index (χ4v) is 6.07. The average molecular weight is 528 g/mol. The summed E-state index contributed by atoms with van der Waals surface area (Å²) in [6.07, 6.45) is 1.49. The van der Waals surface area contributed by atoms with Crippen molar-refractivity contribution in [3.8, 4) is 0 Å². The zero-order valence-corrected chi connectivity index (χ0v) is 21.8. The Morgan fingerprint density at radius 2 is 1.97 bits per heavy atom. The first kappa shape index (κ1) is 24.5. The third-order valence-corrected chi connectivity index (χ3v) is 8.52. The van der Waals surface area contributed by atoms with E-state index in [0.29, 0.717) is 41.4 Å². The molecule has 1 fully saturated rings. The van der Waals surface area contributed by atoms with Crippen molar-refractivity contribution >= 4 is 49.8 Å². The first-order valence-corrected chi connectivity index (χ1v) is 13.7. The number of sulfone groups is 1. The molecule has 11 heteroatoms. The molecule has 0 unspecified atom stereocenters. The average Bonchev–Trinajstić information content (AvgIpc) is 3.30. The first-order chi connectivity index (χ1) is 17.2. The van der Waals surface area contributed by atoms with Crippen LogP contribution < -0.4 is 4.90 Å². The van der Waals surface area contributed by atoms with Crippen LogP contribution in [0.2, 0.25) is 5.02 Å². The predicted octanol–water partition coefficient (Wildman–Crippen LogP) is 4.16. The first-order valence-electron chi connectivity index (χ1n) is 11.8. The summed E-state index contributed by atoms with van der Waals surface area (Å²) in [5.41, 5.74) is 2.59. The SMILES string of the molecule is CCOC(=O)[C@@H]1CCCN(c2nc3c(S(=O)(=O)c4ccc(C)c(C)c4)nnn3c3ccc(Cl)cc23)C1. The Kier molecular flexibility index (Phi) is 6.34. The van der Waals surface area contributed by atoms with Crippen LogP contribution in [0.15, 0.2) is 46.3 Å². The standard InChI is InChI=1S/C25H26ClN5O4S/c1-4-35-25(32)17-6-5-11-30(14-17)22-20-13-18(26)8-10-21(20)31-23(27-22)24(28-29-31)36(33,34)19-9-7-15(2)16(3)12-19/h7-10,12-13,17H,4-6,11,14H2,1-3H3/t17-/m1/s1. The van der Waals surface area contributed by atoms with E-state index in [1.54, 1.807) is 43.3 Å². The fraction of sp³-hybridized carbons (Fsp3) is 0.360. The molecule has 0 saturated carbocycles. The van der Waals surface area contributed by atoms with Crippen molar-refractivity contribution in [2.24, 2.45) is 5.92 Å². The number of esters is 1. The largest absolute Gasteiger partial charge is 0.466 e. The Bertz CT molecular complexity index is 1600. The molecule has 0 aliphatic carbocycles. The number of rotatable bonds is 5. The van der Waals surface area contributed by atoms with Crippen molar-refractivity contribution in [2.45, 2.75) is 43.5 Å². The number of carbonyl (C=O) groups is 1. The summed E-state index contributed by atoms with van der Waals surface area (Å²) in [5.74, 6) is -0.00443. The summed E-state index contributed by atoms with van der Waals surface area (Å²) < 4.78 is 33.9. The predicted molar refractivity (Wildman–Crippen MR) is 136 cm³/mol. The van der Waals surface area contributed by atoms with Crippen molar-refractivity contribution in [3.63, 3.8) is 0 Å². The monoisotopic (exact) mass is 527 g/mol. The summed E-state index contributed by atoms with van der Waals surface area (Å²) in [7, 11) is -3.99. The van der Waals surface area contributed by atoms with Crippen molar-refractivity contribution in [1.29, 1.82) is 0 Å². The Balaban J connectivity index is 1.69. The minimum atomic E-state index is -3.99. The van der Waals surface area contributed by atoms with Gasteiger partial charge < -0.3 is 9.64 Å². The highest BCUT2D eigenvalue weighted by atomic mass is 35.5. The molecule has 1 aliphatic heterocycles. The lowest BCUT2D eigenvalue weighted by atomic mass is 9.98. The minimum Gasteiger partial charge on any atom is -0.466 e. The van der Waals surface area contributed by atoms with E-state index in [2.05, 4.69) is 10.3 Å². The number of benzene rings is 2. The Morgan fingerprint density at radius 1 is 1.17 bits per heavy atom. The molecular weight excluding hydrogens is 502 g/mol. The summed E-state index contributed by atoms with van der Waals surface area (Å²) in [5, 5.41) is 9.19. The quantitative estimate of drug-likeness (QED) is 0.356. The lowest BCUT2D eigenvalue weighted by Crippen LogP contribution is -2.40. The van der Waals surface area contributed by atoms with Gasteiger partial charge in [-0.1, -0.05) is 22.9 Å². The molecule has 4 aromatic rings. The molecule has 0 radical (unpaired) electrons. The number of hydrogen-bond acceptors (Lipinski definition) is 8. The highest BCUT2D eigenvalue weighted by Gasteiger charge is 2.31. The maximum Gasteiger partial charge on any atom is 0.310 e. The molecule has 1 saturated heterocycles. The van der Waals surface area contributed by atoms with Gasteiger partial charge in [0.25, 0.3) is 0 Å². The number of piperidine rings is 1. The smallest absolute Gasteiger partial charge is 0.310 e.